The first-order valence-electron chi connectivity index (χ1n) is 5.37. The van der Waals surface area contributed by atoms with Crippen molar-refractivity contribution in [2.24, 2.45) is 0 Å². The van der Waals surface area contributed by atoms with Crippen LogP contribution in [0.4, 0.5) is 4.39 Å². The lowest BCUT2D eigenvalue weighted by molar-refractivity contribution is 0.548. The van der Waals surface area contributed by atoms with E-state index >= 15 is 0 Å². The average Bonchev–Trinajstić information content (AvgIpc) is 2.81. The molecule has 0 saturated heterocycles. The smallest absolute Gasteiger partial charge is 0.128 e. The Morgan fingerprint density at radius 2 is 2.24 bits per heavy atom. The molecule has 1 aromatic heterocycles. The predicted octanol–water partition coefficient (Wildman–Crippen LogP) is 4.50. The standard InChI is InChI=1S/C13H13BrFNS/c1-9(13-3-2-6-17-13)16-8-10-4-5-11(14)7-12(10)15/h2-7,9,16H,8H2,1H3/t9-/m1/s1. The van der Waals surface area contributed by atoms with Crippen molar-refractivity contribution in [2.75, 3.05) is 0 Å². The molecule has 0 fully saturated rings. The Morgan fingerprint density at radius 3 is 2.88 bits per heavy atom. The van der Waals surface area contributed by atoms with E-state index in [9.17, 15) is 4.39 Å². The Kier molecular flexibility index (Phi) is 4.31. The van der Waals surface area contributed by atoms with Crippen LogP contribution in [-0.4, -0.2) is 0 Å². The van der Waals surface area contributed by atoms with Crippen LogP contribution in [0.25, 0.3) is 0 Å². The second-order valence-corrected chi connectivity index (χ2v) is 5.75. The molecule has 1 nitrogen and oxygen atoms in total. The SMILES string of the molecule is C[C@@H](NCc1ccc(Br)cc1F)c1cccs1. The third kappa shape index (κ3) is 3.37. The van der Waals surface area contributed by atoms with Gasteiger partial charge in [-0.05, 0) is 30.5 Å². The van der Waals surface area contributed by atoms with Crippen LogP contribution in [-0.2, 0) is 6.54 Å². The van der Waals surface area contributed by atoms with Crippen LogP contribution in [0.5, 0.6) is 0 Å². The molecule has 0 saturated carbocycles. The van der Waals surface area contributed by atoms with Gasteiger partial charge in [0.2, 0.25) is 0 Å². The summed E-state index contributed by atoms with van der Waals surface area (Å²) in [6, 6.07) is 9.51. The maximum Gasteiger partial charge on any atom is 0.128 e. The molecule has 0 unspecified atom stereocenters. The van der Waals surface area contributed by atoms with Crippen molar-refractivity contribution in [1.29, 1.82) is 0 Å². The summed E-state index contributed by atoms with van der Waals surface area (Å²) in [7, 11) is 0. The Hall–Kier alpha value is -0.710. The third-order valence-electron chi connectivity index (χ3n) is 2.58. The summed E-state index contributed by atoms with van der Waals surface area (Å²) >= 11 is 4.96. The molecule has 1 N–H and O–H groups in total. The van der Waals surface area contributed by atoms with Gasteiger partial charge in [0, 0.05) is 27.5 Å². The van der Waals surface area contributed by atoms with E-state index < -0.39 is 0 Å². The van der Waals surface area contributed by atoms with Crippen molar-refractivity contribution in [3.05, 3.63) is 56.4 Å². The quantitative estimate of drug-likeness (QED) is 0.876. The molecule has 0 amide bonds. The molecule has 0 radical (unpaired) electrons. The largest absolute Gasteiger partial charge is 0.305 e. The monoisotopic (exact) mass is 313 g/mol. The van der Waals surface area contributed by atoms with Gasteiger partial charge in [0.15, 0.2) is 0 Å². The minimum Gasteiger partial charge on any atom is -0.305 e. The van der Waals surface area contributed by atoms with Crippen molar-refractivity contribution >= 4 is 27.3 Å². The molecule has 17 heavy (non-hydrogen) atoms. The molecule has 0 aliphatic heterocycles. The van der Waals surface area contributed by atoms with Crippen molar-refractivity contribution < 1.29 is 4.39 Å². The number of hydrogen-bond acceptors (Lipinski definition) is 2. The van der Waals surface area contributed by atoms with E-state index in [0.29, 0.717) is 12.1 Å². The van der Waals surface area contributed by atoms with Crippen LogP contribution in [0.1, 0.15) is 23.4 Å². The molecule has 0 aliphatic carbocycles. The van der Waals surface area contributed by atoms with Crippen LogP contribution in [0, 0.1) is 5.82 Å². The fourth-order valence-electron chi connectivity index (χ4n) is 1.57. The van der Waals surface area contributed by atoms with Crippen molar-refractivity contribution in [3.63, 3.8) is 0 Å². The number of nitrogens with one attached hydrogen (secondary N) is 1. The third-order valence-corrected chi connectivity index (χ3v) is 4.13. The van der Waals surface area contributed by atoms with E-state index in [-0.39, 0.29) is 11.9 Å². The summed E-state index contributed by atoms with van der Waals surface area (Å²) in [6.07, 6.45) is 0. The fourth-order valence-corrected chi connectivity index (χ4v) is 2.66. The van der Waals surface area contributed by atoms with Gasteiger partial charge in [-0.25, -0.2) is 4.39 Å². The zero-order chi connectivity index (χ0) is 12.3. The second-order valence-electron chi connectivity index (χ2n) is 3.85. The van der Waals surface area contributed by atoms with Crippen LogP contribution in [0.15, 0.2) is 40.2 Å². The number of halogens is 2. The first-order valence-corrected chi connectivity index (χ1v) is 7.05. The molecule has 0 bridgehead atoms. The molecule has 2 aromatic rings. The van der Waals surface area contributed by atoms with Gasteiger partial charge in [-0.3, -0.25) is 0 Å². The maximum atomic E-state index is 13.6. The van der Waals surface area contributed by atoms with Gasteiger partial charge >= 0.3 is 0 Å². The van der Waals surface area contributed by atoms with Gasteiger partial charge in [0.25, 0.3) is 0 Å². The van der Waals surface area contributed by atoms with E-state index in [0.717, 1.165) is 4.47 Å². The molecular weight excluding hydrogens is 301 g/mol. The molecule has 0 spiro atoms. The number of rotatable bonds is 4. The van der Waals surface area contributed by atoms with Crippen molar-refractivity contribution in [3.8, 4) is 0 Å². The van der Waals surface area contributed by atoms with E-state index in [4.69, 9.17) is 0 Å². The molecule has 1 heterocycles. The average molecular weight is 314 g/mol. The molecule has 0 aliphatic rings. The maximum absolute atomic E-state index is 13.6. The lowest BCUT2D eigenvalue weighted by atomic mass is 10.2. The molecular formula is C13H13BrFNS. The van der Waals surface area contributed by atoms with Gasteiger partial charge in [0.05, 0.1) is 0 Å². The highest BCUT2D eigenvalue weighted by Crippen LogP contribution is 2.20. The summed E-state index contributed by atoms with van der Waals surface area (Å²) in [5, 5.41) is 5.37. The summed E-state index contributed by atoms with van der Waals surface area (Å²) in [4.78, 5) is 1.27. The molecule has 4 heteroatoms. The topological polar surface area (TPSA) is 12.0 Å². The first-order chi connectivity index (χ1) is 8.16. The van der Waals surface area contributed by atoms with E-state index in [1.54, 1.807) is 17.4 Å². The Balaban J connectivity index is 1.98. The van der Waals surface area contributed by atoms with Gasteiger partial charge in [-0.1, -0.05) is 28.1 Å². The summed E-state index contributed by atoms with van der Waals surface area (Å²) in [6.45, 7) is 2.63. The molecule has 90 valence electrons. The summed E-state index contributed by atoms with van der Waals surface area (Å²) in [5.41, 5.74) is 0.691. The Labute approximate surface area is 113 Å². The fraction of sp³-hybridized carbons (Fsp3) is 0.231. The first kappa shape index (κ1) is 12.7. The predicted molar refractivity (Wildman–Crippen MR) is 73.7 cm³/mol. The zero-order valence-electron chi connectivity index (χ0n) is 9.41. The van der Waals surface area contributed by atoms with Gasteiger partial charge in [-0.2, -0.15) is 0 Å². The highest BCUT2D eigenvalue weighted by atomic mass is 79.9. The van der Waals surface area contributed by atoms with Crippen LogP contribution >= 0.6 is 27.3 Å². The highest BCUT2D eigenvalue weighted by Gasteiger charge is 2.07. The van der Waals surface area contributed by atoms with E-state index in [2.05, 4.69) is 34.2 Å². The lowest BCUT2D eigenvalue weighted by Crippen LogP contribution is -2.17. The molecule has 2 rings (SSSR count). The van der Waals surface area contributed by atoms with Gasteiger partial charge < -0.3 is 5.32 Å². The zero-order valence-corrected chi connectivity index (χ0v) is 11.8. The second kappa shape index (κ2) is 5.76. The Bertz CT molecular complexity index is 484. The van der Waals surface area contributed by atoms with Crippen molar-refractivity contribution in [1.82, 2.24) is 5.32 Å². The number of benzene rings is 1. The van der Waals surface area contributed by atoms with E-state index in [1.807, 2.05) is 17.5 Å². The number of thiophene rings is 1. The molecule has 1 aromatic carbocycles. The lowest BCUT2D eigenvalue weighted by Gasteiger charge is -2.12. The van der Waals surface area contributed by atoms with Crippen LogP contribution in [0.3, 0.4) is 0 Å². The summed E-state index contributed by atoms with van der Waals surface area (Å²) < 4.78 is 14.3. The number of hydrogen-bond donors (Lipinski definition) is 1. The van der Waals surface area contributed by atoms with Crippen LogP contribution < -0.4 is 5.32 Å². The van der Waals surface area contributed by atoms with Crippen LogP contribution in [0.2, 0.25) is 0 Å². The van der Waals surface area contributed by atoms with Crippen molar-refractivity contribution in [2.45, 2.75) is 19.5 Å². The van der Waals surface area contributed by atoms with Gasteiger partial charge in [0.1, 0.15) is 5.82 Å². The minimum absolute atomic E-state index is 0.176. The minimum atomic E-state index is -0.176. The molecule has 1 atom stereocenters. The Morgan fingerprint density at radius 1 is 1.41 bits per heavy atom. The van der Waals surface area contributed by atoms with E-state index in [1.165, 1.54) is 10.9 Å². The normalized spacial score (nSPS) is 12.6. The summed E-state index contributed by atoms with van der Waals surface area (Å²) in [5.74, 6) is -0.176. The highest BCUT2D eigenvalue weighted by molar-refractivity contribution is 9.10. The van der Waals surface area contributed by atoms with Gasteiger partial charge in [-0.15, -0.1) is 11.3 Å².